The molecular formula is C10H21NO. The summed E-state index contributed by atoms with van der Waals surface area (Å²) in [4.78, 5) is 0. The number of hydrogen-bond acceptors (Lipinski definition) is 2. The monoisotopic (exact) mass is 171 g/mol. The quantitative estimate of drug-likeness (QED) is 0.594. The molecule has 0 aliphatic heterocycles. The predicted octanol–water partition coefficient (Wildman–Crippen LogP) is 1.56. The molecule has 2 nitrogen and oxygen atoms in total. The zero-order valence-electron chi connectivity index (χ0n) is 8.38. The SMILES string of the molecule is C/C=C/CNC(CCO)C(C)C. The van der Waals surface area contributed by atoms with Gasteiger partial charge in [-0.25, -0.2) is 0 Å². The summed E-state index contributed by atoms with van der Waals surface area (Å²) in [5.74, 6) is 0.586. The van der Waals surface area contributed by atoms with Crippen LogP contribution in [-0.4, -0.2) is 24.3 Å². The van der Waals surface area contributed by atoms with Crippen molar-refractivity contribution in [1.29, 1.82) is 0 Å². The molecule has 0 aromatic rings. The van der Waals surface area contributed by atoms with Crippen LogP contribution in [0.15, 0.2) is 12.2 Å². The van der Waals surface area contributed by atoms with Gasteiger partial charge in [0.05, 0.1) is 0 Å². The van der Waals surface area contributed by atoms with E-state index in [9.17, 15) is 0 Å². The third-order valence-corrected chi connectivity index (χ3v) is 1.98. The van der Waals surface area contributed by atoms with Crippen LogP contribution in [0.4, 0.5) is 0 Å². The zero-order chi connectivity index (χ0) is 9.40. The van der Waals surface area contributed by atoms with Crippen molar-refractivity contribution < 1.29 is 5.11 Å². The van der Waals surface area contributed by atoms with Gasteiger partial charge in [-0.15, -0.1) is 0 Å². The van der Waals surface area contributed by atoms with Crippen molar-refractivity contribution in [2.24, 2.45) is 5.92 Å². The van der Waals surface area contributed by atoms with E-state index in [1.807, 2.05) is 13.0 Å². The standard InChI is InChI=1S/C10H21NO/c1-4-5-7-11-10(6-8-12)9(2)3/h4-5,9-12H,6-8H2,1-3H3/b5-4+. The molecule has 0 fully saturated rings. The lowest BCUT2D eigenvalue weighted by molar-refractivity contribution is 0.247. The first-order valence-electron chi connectivity index (χ1n) is 4.67. The van der Waals surface area contributed by atoms with Crippen LogP contribution in [0.2, 0.25) is 0 Å². The minimum atomic E-state index is 0.270. The fraction of sp³-hybridized carbons (Fsp3) is 0.800. The Bertz CT molecular complexity index is 121. The number of aliphatic hydroxyl groups excluding tert-OH is 1. The van der Waals surface area contributed by atoms with E-state index in [2.05, 4.69) is 25.2 Å². The summed E-state index contributed by atoms with van der Waals surface area (Å²) in [6.07, 6.45) is 4.96. The number of hydrogen-bond donors (Lipinski definition) is 2. The molecule has 0 bridgehead atoms. The molecule has 0 saturated carbocycles. The van der Waals surface area contributed by atoms with Crippen LogP contribution >= 0.6 is 0 Å². The van der Waals surface area contributed by atoms with Crippen molar-refractivity contribution in [3.05, 3.63) is 12.2 Å². The fourth-order valence-electron chi connectivity index (χ4n) is 1.15. The molecule has 72 valence electrons. The largest absolute Gasteiger partial charge is 0.396 e. The molecule has 1 atom stereocenters. The van der Waals surface area contributed by atoms with Gasteiger partial charge < -0.3 is 10.4 Å². The van der Waals surface area contributed by atoms with E-state index < -0.39 is 0 Å². The molecule has 0 saturated heterocycles. The summed E-state index contributed by atoms with van der Waals surface area (Å²) in [5, 5.41) is 12.2. The van der Waals surface area contributed by atoms with Crippen LogP contribution < -0.4 is 5.32 Å². The zero-order valence-corrected chi connectivity index (χ0v) is 8.38. The number of allylic oxidation sites excluding steroid dienone is 1. The third kappa shape index (κ3) is 5.33. The van der Waals surface area contributed by atoms with Gasteiger partial charge in [0.2, 0.25) is 0 Å². The lowest BCUT2D eigenvalue weighted by Gasteiger charge is -2.20. The average Bonchev–Trinajstić information content (AvgIpc) is 2.03. The molecule has 0 aromatic heterocycles. The molecule has 2 heteroatoms. The van der Waals surface area contributed by atoms with Crippen molar-refractivity contribution >= 4 is 0 Å². The number of nitrogens with one attached hydrogen (secondary N) is 1. The second kappa shape index (κ2) is 7.32. The smallest absolute Gasteiger partial charge is 0.0445 e. The minimum Gasteiger partial charge on any atom is -0.396 e. The topological polar surface area (TPSA) is 32.3 Å². The molecular weight excluding hydrogens is 150 g/mol. The molecule has 12 heavy (non-hydrogen) atoms. The second-order valence-corrected chi connectivity index (χ2v) is 3.34. The van der Waals surface area contributed by atoms with E-state index in [4.69, 9.17) is 5.11 Å². The van der Waals surface area contributed by atoms with Gasteiger partial charge in [0.15, 0.2) is 0 Å². The molecule has 0 aromatic carbocycles. The molecule has 0 spiro atoms. The molecule has 0 amide bonds. The molecule has 1 unspecified atom stereocenters. The summed E-state index contributed by atoms with van der Waals surface area (Å²) in [7, 11) is 0. The Kier molecular flexibility index (Phi) is 7.11. The van der Waals surface area contributed by atoms with Gasteiger partial charge in [-0.05, 0) is 19.3 Å². The van der Waals surface area contributed by atoms with Gasteiger partial charge in [-0.3, -0.25) is 0 Å². The Morgan fingerprint density at radius 1 is 1.42 bits per heavy atom. The second-order valence-electron chi connectivity index (χ2n) is 3.34. The highest BCUT2D eigenvalue weighted by Gasteiger charge is 2.10. The van der Waals surface area contributed by atoms with Crippen molar-refractivity contribution in [1.82, 2.24) is 5.32 Å². The number of aliphatic hydroxyl groups is 1. The van der Waals surface area contributed by atoms with E-state index in [0.29, 0.717) is 12.0 Å². The Morgan fingerprint density at radius 2 is 2.08 bits per heavy atom. The van der Waals surface area contributed by atoms with E-state index in [-0.39, 0.29) is 6.61 Å². The van der Waals surface area contributed by atoms with Crippen LogP contribution in [0.1, 0.15) is 27.2 Å². The van der Waals surface area contributed by atoms with Gasteiger partial charge >= 0.3 is 0 Å². The molecule has 0 rings (SSSR count). The molecule has 0 aliphatic carbocycles. The van der Waals surface area contributed by atoms with Crippen molar-refractivity contribution in [2.45, 2.75) is 33.2 Å². The first kappa shape index (κ1) is 11.7. The predicted molar refractivity (Wildman–Crippen MR) is 53.1 cm³/mol. The van der Waals surface area contributed by atoms with Crippen LogP contribution in [0, 0.1) is 5.92 Å². The summed E-state index contributed by atoms with van der Waals surface area (Å²) in [6, 6.07) is 0.436. The maximum absolute atomic E-state index is 8.78. The summed E-state index contributed by atoms with van der Waals surface area (Å²) in [5.41, 5.74) is 0. The third-order valence-electron chi connectivity index (χ3n) is 1.98. The highest BCUT2D eigenvalue weighted by Crippen LogP contribution is 2.04. The Hall–Kier alpha value is -0.340. The summed E-state index contributed by atoms with van der Waals surface area (Å²) >= 11 is 0. The average molecular weight is 171 g/mol. The molecule has 2 N–H and O–H groups in total. The van der Waals surface area contributed by atoms with Gasteiger partial charge in [0.1, 0.15) is 0 Å². The highest BCUT2D eigenvalue weighted by atomic mass is 16.3. The first-order valence-corrected chi connectivity index (χ1v) is 4.67. The lowest BCUT2D eigenvalue weighted by atomic mass is 10.0. The van der Waals surface area contributed by atoms with Crippen LogP contribution in [0.5, 0.6) is 0 Å². The molecule has 0 radical (unpaired) electrons. The highest BCUT2D eigenvalue weighted by molar-refractivity contribution is 4.82. The van der Waals surface area contributed by atoms with Crippen molar-refractivity contribution in [2.75, 3.05) is 13.2 Å². The van der Waals surface area contributed by atoms with Crippen LogP contribution in [0.3, 0.4) is 0 Å². The molecule has 0 heterocycles. The van der Waals surface area contributed by atoms with E-state index in [0.717, 1.165) is 13.0 Å². The van der Waals surface area contributed by atoms with E-state index in [1.165, 1.54) is 0 Å². The minimum absolute atomic E-state index is 0.270. The van der Waals surface area contributed by atoms with Gasteiger partial charge in [0.25, 0.3) is 0 Å². The van der Waals surface area contributed by atoms with Crippen molar-refractivity contribution in [3.63, 3.8) is 0 Å². The van der Waals surface area contributed by atoms with Crippen molar-refractivity contribution in [3.8, 4) is 0 Å². The fourth-order valence-corrected chi connectivity index (χ4v) is 1.15. The Morgan fingerprint density at radius 3 is 2.50 bits per heavy atom. The molecule has 0 aliphatic rings. The lowest BCUT2D eigenvalue weighted by Crippen LogP contribution is -2.34. The van der Waals surface area contributed by atoms with Gasteiger partial charge in [-0.2, -0.15) is 0 Å². The Balaban J connectivity index is 3.63. The van der Waals surface area contributed by atoms with Crippen LogP contribution in [0.25, 0.3) is 0 Å². The number of rotatable bonds is 6. The van der Waals surface area contributed by atoms with Gasteiger partial charge in [0, 0.05) is 19.2 Å². The van der Waals surface area contributed by atoms with Crippen LogP contribution in [-0.2, 0) is 0 Å². The summed E-state index contributed by atoms with van der Waals surface area (Å²) in [6.45, 7) is 7.52. The summed E-state index contributed by atoms with van der Waals surface area (Å²) < 4.78 is 0. The van der Waals surface area contributed by atoms with E-state index >= 15 is 0 Å². The van der Waals surface area contributed by atoms with Gasteiger partial charge in [-0.1, -0.05) is 26.0 Å². The maximum Gasteiger partial charge on any atom is 0.0445 e. The normalized spacial score (nSPS) is 14.4. The first-order chi connectivity index (χ1) is 5.72. The Labute approximate surface area is 75.7 Å². The van der Waals surface area contributed by atoms with E-state index in [1.54, 1.807) is 0 Å². The maximum atomic E-state index is 8.78.